The molecule has 0 aliphatic carbocycles. The van der Waals surface area contributed by atoms with Crippen LogP contribution in [0, 0.1) is 0 Å². The van der Waals surface area contributed by atoms with Crippen molar-refractivity contribution in [3.05, 3.63) is 64.7 Å². The number of halogens is 1. The second kappa shape index (κ2) is 8.03. The fourth-order valence-corrected chi connectivity index (χ4v) is 5.02. The summed E-state index contributed by atoms with van der Waals surface area (Å²) in [4.78, 5) is 7.63. The lowest BCUT2D eigenvalue weighted by molar-refractivity contribution is 0.269. The molecule has 0 bridgehead atoms. The van der Waals surface area contributed by atoms with E-state index < -0.39 is 0 Å². The molecule has 1 aromatic heterocycles. The van der Waals surface area contributed by atoms with Crippen molar-refractivity contribution in [2.75, 3.05) is 27.3 Å². The van der Waals surface area contributed by atoms with Crippen molar-refractivity contribution in [1.82, 2.24) is 9.88 Å². The monoisotopic (exact) mass is 432 g/mol. The molecule has 4 aromatic rings. The zero-order chi connectivity index (χ0) is 21.5. The first kappa shape index (κ1) is 20.1. The maximum Gasteiger partial charge on any atom is 0.179 e. The normalized spacial score (nSPS) is 14.1. The van der Waals surface area contributed by atoms with E-state index >= 15 is 0 Å². The van der Waals surface area contributed by atoms with Gasteiger partial charge in [-0.3, -0.25) is 4.90 Å². The minimum atomic E-state index is 0.522. The zero-order valence-corrected chi connectivity index (χ0v) is 18.8. The van der Waals surface area contributed by atoms with E-state index in [1.165, 1.54) is 27.3 Å². The third kappa shape index (κ3) is 3.31. The summed E-state index contributed by atoms with van der Waals surface area (Å²) in [5.74, 6) is 1.16. The first-order chi connectivity index (χ1) is 15.1. The summed E-state index contributed by atoms with van der Waals surface area (Å²) < 4.78 is 11.0. The van der Waals surface area contributed by atoms with Crippen molar-refractivity contribution in [3.63, 3.8) is 0 Å². The summed E-state index contributed by atoms with van der Waals surface area (Å²) in [6.07, 6.45) is 1.00. The molecule has 0 saturated heterocycles. The molecule has 1 aliphatic rings. The molecule has 0 spiro atoms. The molecular weight excluding hydrogens is 408 g/mol. The number of pyridine rings is 1. The molecule has 0 amide bonds. The minimum Gasteiger partial charge on any atom is -0.493 e. The Balaban J connectivity index is 1.84. The van der Waals surface area contributed by atoms with Crippen LogP contribution in [0.25, 0.3) is 32.9 Å². The second-order valence-electron chi connectivity index (χ2n) is 7.91. The van der Waals surface area contributed by atoms with Crippen LogP contribution in [0.2, 0.25) is 5.02 Å². The molecule has 0 radical (unpaired) electrons. The average Bonchev–Trinajstić information content (AvgIpc) is 2.82. The van der Waals surface area contributed by atoms with Crippen molar-refractivity contribution < 1.29 is 9.47 Å². The predicted octanol–water partition coefficient (Wildman–Crippen LogP) is 6.10. The van der Waals surface area contributed by atoms with Crippen molar-refractivity contribution in [1.29, 1.82) is 0 Å². The Bertz CT molecular complexity index is 1300. The van der Waals surface area contributed by atoms with Crippen LogP contribution in [0.1, 0.15) is 18.1 Å². The van der Waals surface area contributed by atoms with E-state index in [9.17, 15) is 0 Å². The van der Waals surface area contributed by atoms with Gasteiger partial charge in [0.2, 0.25) is 0 Å². The Labute approximate surface area is 187 Å². The summed E-state index contributed by atoms with van der Waals surface area (Å²) in [7, 11) is 3.23. The first-order valence-electron chi connectivity index (χ1n) is 10.6. The lowest BCUT2D eigenvalue weighted by Crippen LogP contribution is -2.31. The molecule has 5 heteroatoms. The van der Waals surface area contributed by atoms with E-state index in [2.05, 4.69) is 48.2 Å². The average molecular weight is 433 g/mol. The standard InChI is InChI=1S/C26H25ClN2O2/c1-4-29-12-11-19-20(15-29)25(17-13-21(27)26(31-3)23(14-17)30-2)28-22-10-9-16-7-5-6-8-18(16)24(19)22/h5-10,13-14H,4,11-12,15H2,1-3H3. The summed E-state index contributed by atoms with van der Waals surface area (Å²) in [5, 5.41) is 4.32. The Morgan fingerprint density at radius 1 is 1.03 bits per heavy atom. The molecule has 3 aromatic carbocycles. The van der Waals surface area contributed by atoms with Gasteiger partial charge in [-0.15, -0.1) is 0 Å². The summed E-state index contributed by atoms with van der Waals surface area (Å²) >= 11 is 6.56. The highest BCUT2D eigenvalue weighted by molar-refractivity contribution is 6.32. The number of fused-ring (bicyclic) bond motifs is 5. The molecule has 0 saturated carbocycles. The Morgan fingerprint density at radius 2 is 1.87 bits per heavy atom. The summed E-state index contributed by atoms with van der Waals surface area (Å²) in [5.41, 5.74) is 5.61. The van der Waals surface area contributed by atoms with E-state index in [-0.39, 0.29) is 0 Å². The number of hydrogen-bond acceptors (Lipinski definition) is 4. The van der Waals surface area contributed by atoms with Crippen LogP contribution in [0.3, 0.4) is 0 Å². The Kier molecular flexibility index (Phi) is 5.20. The molecule has 5 rings (SSSR count). The number of benzene rings is 3. The topological polar surface area (TPSA) is 34.6 Å². The predicted molar refractivity (Wildman–Crippen MR) is 127 cm³/mol. The van der Waals surface area contributed by atoms with Gasteiger partial charge in [0.25, 0.3) is 0 Å². The van der Waals surface area contributed by atoms with Crippen LogP contribution < -0.4 is 9.47 Å². The molecule has 158 valence electrons. The van der Waals surface area contributed by atoms with E-state index in [0.717, 1.165) is 42.8 Å². The summed E-state index contributed by atoms with van der Waals surface area (Å²) in [6.45, 7) is 5.15. The van der Waals surface area contributed by atoms with Crippen molar-refractivity contribution in [3.8, 4) is 22.8 Å². The fraction of sp³-hybridized carbons (Fsp3) is 0.269. The van der Waals surface area contributed by atoms with Crippen LogP contribution in [-0.2, 0) is 13.0 Å². The molecule has 2 heterocycles. The number of rotatable bonds is 4. The number of ether oxygens (including phenoxy) is 2. The molecule has 0 N–H and O–H groups in total. The van der Waals surface area contributed by atoms with Crippen LogP contribution in [0.15, 0.2) is 48.5 Å². The number of likely N-dealkylation sites (N-methyl/N-ethyl adjacent to an activating group) is 1. The highest BCUT2D eigenvalue weighted by Crippen LogP contribution is 2.42. The van der Waals surface area contributed by atoms with Gasteiger partial charge in [-0.25, -0.2) is 4.98 Å². The molecular formula is C26H25ClN2O2. The van der Waals surface area contributed by atoms with Gasteiger partial charge in [0.05, 0.1) is 30.5 Å². The van der Waals surface area contributed by atoms with E-state index in [0.29, 0.717) is 16.5 Å². The van der Waals surface area contributed by atoms with Crippen LogP contribution >= 0.6 is 11.6 Å². The van der Waals surface area contributed by atoms with Gasteiger partial charge >= 0.3 is 0 Å². The van der Waals surface area contributed by atoms with Gasteiger partial charge in [-0.05, 0) is 53.1 Å². The molecule has 0 unspecified atom stereocenters. The third-order valence-electron chi connectivity index (χ3n) is 6.31. The van der Waals surface area contributed by atoms with Gasteiger partial charge in [-0.2, -0.15) is 0 Å². The molecule has 0 fully saturated rings. The largest absolute Gasteiger partial charge is 0.493 e. The SMILES string of the molecule is CCN1CCc2c(c(-c3cc(Cl)c(OC)c(OC)c3)nc3ccc4ccccc4c23)C1. The maximum atomic E-state index is 6.56. The van der Waals surface area contributed by atoms with Crippen molar-refractivity contribution >= 4 is 33.3 Å². The Hall–Kier alpha value is -2.82. The quantitative estimate of drug-likeness (QED) is 0.365. The third-order valence-corrected chi connectivity index (χ3v) is 6.59. The molecule has 31 heavy (non-hydrogen) atoms. The first-order valence-corrected chi connectivity index (χ1v) is 11.0. The zero-order valence-electron chi connectivity index (χ0n) is 18.0. The number of aromatic nitrogens is 1. The Morgan fingerprint density at radius 3 is 2.65 bits per heavy atom. The van der Waals surface area contributed by atoms with Crippen molar-refractivity contribution in [2.24, 2.45) is 0 Å². The second-order valence-corrected chi connectivity index (χ2v) is 8.32. The van der Waals surface area contributed by atoms with Crippen LogP contribution in [0.4, 0.5) is 0 Å². The van der Waals surface area contributed by atoms with E-state index in [1.54, 1.807) is 14.2 Å². The lowest BCUT2D eigenvalue weighted by atomic mass is 9.89. The molecule has 0 atom stereocenters. The van der Waals surface area contributed by atoms with E-state index in [4.69, 9.17) is 26.1 Å². The van der Waals surface area contributed by atoms with Gasteiger partial charge in [0.15, 0.2) is 11.5 Å². The van der Waals surface area contributed by atoms with Crippen LogP contribution in [-0.4, -0.2) is 37.2 Å². The number of hydrogen-bond donors (Lipinski definition) is 0. The smallest absolute Gasteiger partial charge is 0.179 e. The molecule has 4 nitrogen and oxygen atoms in total. The van der Waals surface area contributed by atoms with Gasteiger partial charge in [0, 0.05) is 24.0 Å². The fourth-order valence-electron chi connectivity index (χ4n) is 4.73. The van der Waals surface area contributed by atoms with Gasteiger partial charge in [-0.1, -0.05) is 48.9 Å². The highest BCUT2D eigenvalue weighted by Gasteiger charge is 2.25. The van der Waals surface area contributed by atoms with Crippen molar-refractivity contribution in [2.45, 2.75) is 19.9 Å². The summed E-state index contributed by atoms with van der Waals surface area (Å²) in [6, 6.07) is 16.8. The highest BCUT2D eigenvalue weighted by atomic mass is 35.5. The molecule has 1 aliphatic heterocycles. The maximum absolute atomic E-state index is 6.56. The number of methoxy groups -OCH3 is 2. The number of nitrogens with zero attached hydrogens (tertiary/aromatic N) is 2. The minimum absolute atomic E-state index is 0.522. The van der Waals surface area contributed by atoms with E-state index in [1.807, 2.05) is 12.1 Å². The van der Waals surface area contributed by atoms with Gasteiger partial charge < -0.3 is 9.47 Å². The van der Waals surface area contributed by atoms with Gasteiger partial charge in [0.1, 0.15) is 0 Å². The lowest BCUT2D eigenvalue weighted by Gasteiger charge is -2.30. The van der Waals surface area contributed by atoms with Crippen LogP contribution in [0.5, 0.6) is 11.5 Å².